The molecule has 1 unspecified atom stereocenters. The van der Waals surface area contributed by atoms with Crippen molar-refractivity contribution >= 4 is 5.69 Å². The number of benzene rings is 1. The number of nitrogens with two attached hydrogens (primary N) is 1. The first-order chi connectivity index (χ1) is 9.29. The molecule has 1 aliphatic heterocycles. The van der Waals surface area contributed by atoms with Gasteiger partial charge in [-0.3, -0.25) is 0 Å². The van der Waals surface area contributed by atoms with E-state index in [9.17, 15) is 0 Å². The lowest BCUT2D eigenvalue weighted by Gasteiger charge is -2.20. The number of nitrogens with zero attached hydrogens (tertiary/aromatic N) is 3. The minimum Gasteiger partial charge on any atom is -0.365 e. The molecule has 4 nitrogen and oxygen atoms in total. The van der Waals surface area contributed by atoms with Crippen LogP contribution in [0, 0.1) is 0 Å². The standard InChI is InChI=1S/C15H20N4/c1-18-11-17-8-13(18)10-19-9-12(6-7-16)14-4-2-3-5-15(14)19/h2-5,8,11-12H,6-7,9-10,16H2,1H3. The molecule has 2 aromatic rings. The largest absolute Gasteiger partial charge is 0.365 e. The molecule has 0 saturated heterocycles. The second-order valence-corrected chi connectivity index (χ2v) is 5.21. The van der Waals surface area contributed by atoms with E-state index in [-0.39, 0.29) is 0 Å². The second kappa shape index (κ2) is 5.05. The first-order valence-electron chi connectivity index (χ1n) is 6.78. The SMILES string of the molecule is Cn1cncc1CN1CC(CCN)c2ccccc21. The molecule has 0 saturated carbocycles. The highest BCUT2D eigenvalue weighted by Crippen LogP contribution is 2.38. The van der Waals surface area contributed by atoms with Gasteiger partial charge in [0.25, 0.3) is 0 Å². The summed E-state index contributed by atoms with van der Waals surface area (Å²) >= 11 is 0. The molecule has 2 N–H and O–H groups in total. The van der Waals surface area contributed by atoms with Gasteiger partial charge in [-0.05, 0) is 24.6 Å². The summed E-state index contributed by atoms with van der Waals surface area (Å²) in [7, 11) is 2.04. The molecule has 19 heavy (non-hydrogen) atoms. The molecule has 1 atom stereocenters. The van der Waals surface area contributed by atoms with E-state index in [0.29, 0.717) is 5.92 Å². The smallest absolute Gasteiger partial charge is 0.0946 e. The minimum absolute atomic E-state index is 0.564. The fourth-order valence-corrected chi connectivity index (χ4v) is 2.91. The molecule has 4 heteroatoms. The lowest BCUT2D eigenvalue weighted by atomic mass is 9.98. The molecule has 100 valence electrons. The molecular formula is C15H20N4. The number of fused-ring (bicyclic) bond motifs is 1. The number of anilines is 1. The Morgan fingerprint density at radius 2 is 2.21 bits per heavy atom. The van der Waals surface area contributed by atoms with Crippen LogP contribution in [-0.2, 0) is 13.6 Å². The van der Waals surface area contributed by atoms with Crippen LogP contribution < -0.4 is 10.6 Å². The number of rotatable bonds is 4. The van der Waals surface area contributed by atoms with Crippen molar-refractivity contribution in [1.29, 1.82) is 0 Å². The van der Waals surface area contributed by atoms with Crippen molar-refractivity contribution < 1.29 is 0 Å². The number of para-hydroxylation sites is 1. The molecule has 0 radical (unpaired) electrons. The summed E-state index contributed by atoms with van der Waals surface area (Å²) in [4.78, 5) is 6.63. The van der Waals surface area contributed by atoms with Crippen molar-refractivity contribution in [3.8, 4) is 0 Å². The Balaban J connectivity index is 1.86. The van der Waals surface area contributed by atoms with Crippen LogP contribution in [-0.4, -0.2) is 22.6 Å². The molecular weight excluding hydrogens is 236 g/mol. The van der Waals surface area contributed by atoms with Gasteiger partial charge in [-0.15, -0.1) is 0 Å². The van der Waals surface area contributed by atoms with E-state index < -0.39 is 0 Å². The molecule has 1 aliphatic rings. The summed E-state index contributed by atoms with van der Waals surface area (Å²) in [5, 5.41) is 0. The predicted molar refractivity (Wildman–Crippen MR) is 77.1 cm³/mol. The molecule has 0 bridgehead atoms. The normalized spacial score (nSPS) is 17.8. The Bertz CT molecular complexity index is 561. The fraction of sp³-hybridized carbons (Fsp3) is 0.400. The summed E-state index contributed by atoms with van der Waals surface area (Å²) in [6, 6.07) is 8.68. The summed E-state index contributed by atoms with van der Waals surface area (Å²) in [5.41, 5.74) is 9.77. The van der Waals surface area contributed by atoms with Gasteiger partial charge >= 0.3 is 0 Å². The predicted octanol–water partition coefficient (Wildman–Crippen LogP) is 1.87. The first kappa shape index (κ1) is 12.2. The van der Waals surface area contributed by atoms with Crippen LogP contribution in [0.1, 0.15) is 23.6 Å². The Labute approximate surface area is 113 Å². The Kier molecular flexibility index (Phi) is 3.25. The fourth-order valence-electron chi connectivity index (χ4n) is 2.91. The summed E-state index contributed by atoms with van der Waals surface area (Å²) in [5.74, 6) is 0.564. The van der Waals surface area contributed by atoms with Gasteiger partial charge in [0.2, 0.25) is 0 Å². The Morgan fingerprint density at radius 3 is 2.95 bits per heavy atom. The van der Waals surface area contributed by atoms with Crippen molar-refractivity contribution in [3.05, 3.63) is 48.0 Å². The van der Waals surface area contributed by atoms with Crippen LogP contribution in [0.25, 0.3) is 0 Å². The lowest BCUT2D eigenvalue weighted by molar-refractivity contribution is 0.636. The van der Waals surface area contributed by atoms with E-state index in [1.807, 2.05) is 19.6 Å². The molecule has 0 amide bonds. The Hall–Kier alpha value is -1.81. The van der Waals surface area contributed by atoms with E-state index in [4.69, 9.17) is 5.73 Å². The van der Waals surface area contributed by atoms with Gasteiger partial charge in [0.05, 0.1) is 18.6 Å². The van der Waals surface area contributed by atoms with Crippen LogP contribution in [0.2, 0.25) is 0 Å². The van der Waals surface area contributed by atoms with Crippen molar-refractivity contribution in [2.24, 2.45) is 12.8 Å². The van der Waals surface area contributed by atoms with Gasteiger partial charge in [-0.1, -0.05) is 18.2 Å². The minimum atomic E-state index is 0.564. The maximum atomic E-state index is 5.74. The maximum absolute atomic E-state index is 5.74. The molecule has 0 aliphatic carbocycles. The van der Waals surface area contributed by atoms with Crippen molar-refractivity contribution in [2.45, 2.75) is 18.9 Å². The van der Waals surface area contributed by atoms with Crippen LogP contribution in [0.15, 0.2) is 36.8 Å². The van der Waals surface area contributed by atoms with Crippen molar-refractivity contribution in [3.63, 3.8) is 0 Å². The van der Waals surface area contributed by atoms with Crippen LogP contribution in [0.3, 0.4) is 0 Å². The van der Waals surface area contributed by atoms with Gasteiger partial charge in [-0.25, -0.2) is 4.98 Å². The summed E-state index contributed by atoms with van der Waals surface area (Å²) < 4.78 is 2.08. The molecule has 0 fully saturated rings. The molecule has 1 aromatic carbocycles. The molecule has 2 heterocycles. The number of hydrogen-bond donors (Lipinski definition) is 1. The molecule has 0 spiro atoms. The van der Waals surface area contributed by atoms with E-state index in [0.717, 1.165) is 26.1 Å². The molecule has 1 aromatic heterocycles. The average Bonchev–Trinajstić information content (AvgIpc) is 2.97. The van der Waals surface area contributed by atoms with E-state index in [1.165, 1.54) is 16.9 Å². The van der Waals surface area contributed by atoms with Gasteiger partial charge in [0, 0.05) is 31.4 Å². The van der Waals surface area contributed by atoms with Crippen LogP contribution in [0.5, 0.6) is 0 Å². The highest BCUT2D eigenvalue weighted by atomic mass is 15.2. The zero-order chi connectivity index (χ0) is 13.2. The highest BCUT2D eigenvalue weighted by Gasteiger charge is 2.27. The third-order valence-corrected chi connectivity index (χ3v) is 3.94. The monoisotopic (exact) mass is 256 g/mol. The zero-order valence-corrected chi connectivity index (χ0v) is 11.3. The average molecular weight is 256 g/mol. The van der Waals surface area contributed by atoms with Crippen molar-refractivity contribution in [2.75, 3.05) is 18.0 Å². The first-order valence-corrected chi connectivity index (χ1v) is 6.78. The summed E-state index contributed by atoms with van der Waals surface area (Å²) in [6.07, 6.45) is 4.85. The molecule has 3 rings (SSSR count). The van der Waals surface area contributed by atoms with Crippen LogP contribution >= 0.6 is 0 Å². The van der Waals surface area contributed by atoms with Gasteiger partial charge in [-0.2, -0.15) is 0 Å². The van der Waals surface area contributed by atoms with Gasteiger partial charge in [0.1, 0.15) is 0 Å². The number of aromatic nitrogens is 2. The number of hydrogen-bond acceptors (Lipinski definition) is 3. The van der Waals surface area contributed by atoms with Gasteiger partial charge in [0.15, 0.2) is 0 Å². The van der Waals surface area contributed by atoms with Gasteiger partial charge < -0.3 is 15.2 Å². The number of imidazole rings is 1. The highest BCUT2D eigenvalue weighted by molar-refractivity contribution is 5.60. The quantitative estimate of drug-likeness (QED) is 0.908. The zero-order valence-electron chi connectivity index (χ0n) is 11.3. The second-order valence-electron chi connectivity index (χ2n) is 5.21. The van der Waals surface area contributed by atoms with E-state index >= 15 is 0 Å². The topological polar surface area (TPSA) is 47.1 Å². The van der Waals surface area contributed by atoms with E-state index in [2.05, 4.69) is 38.7 Å². The number of aryl methyl sites for hydroxylation is 1. The van der Waals surface area contributed by atoms with Crippen molar-refractivity contribution in [1.82, 2.24) is 9.55 Å². The van der Waals surface area contributed by atoms with Crippen LogP contribution in [0.4, 0.5) is 5.69 Å². The van der Waals surface area contributed by atoms with E-state index in [1.54, 1.807) is 0 Å². The third-order valence-electron chi connectivity index (χ3n) is 3.94. The Morgan fingerprint density at radius 1 is 1.37 bits per heavy atom. The third kappa shape index (κ3) is 2.24. The maximum Gasteiger partial charge on any atom is 0.0946 e. The lowest BCUT2D eigenvalue weighted by Crippen LogP contribution is -2.23. The summed E-state index contributed by atoms with van der Waals surface area (Å²) in [6.45, 7) is 2.72.